The van der Waals surface area contributed by atoms with E-state index in [4.69, 9.17) is 4.74 Å². The molecule has 0 aliphatic rings. The van der Waals surface area contributed by atoms with Crippen LogP contribution in [0.3, 0.4) is 0 Å². The molecule has 3 aromatic rings. The minimum absolute atomic E-state index is 0.0724. The fourth-order valence-corrected chi connectivity index (χ4v) is 3.64. The molecule has 3 rings (SSSR count). The predicted molar refractivity (Wildman–Crippen MR) is 133 cm³/mol. The summed E-state index contributed by atoms with van der Waals surface area (Å²) in [7, 11) is 0.934. The summed E-state index contributed by atoms with van der Waals surface area (Å²) in [5.74, 6) is -3.61. The second-order valence-corrected chi connectivity index (χ2v) is 9.63. The van der Waals surface area contributed by atoms with Crippen LogP contribution >= 0.6 is 0 Å². The normalized spacial score (nSPS) is 12.1. The van der Waals surface area contributed by atoms with Gasteiger partial charge in [0.2, 0.25) is 0 Å². The standard InChI is InChI=1S/C28H25F6NO5/c1-26(2,3)18-7-5-17(6-8-18)16-35(24(36)25(37)38-4)23-14-13-21(15-22(23)27(29,30)31)39-19-9-11-20(12-10-19)40-28(32,33)34/h5-15H,16H2,1-4H3. The van der Waals surface area contributed by atoms with Gasteiger partial charge >= 0.3 is 24.4 Å². The second kappa shape index (κ2) is 11.5. The summed E-state index contributed by atoms with van der Waals surface area (Å²) in [5.41, 5.74) is -0.683. The van der Waals surface area contributed by atoms with Crippen LogP contribution in [0.15, 0.2) is 66.7 Å². The summed E-state index contributed by atoms with van der Waals surface area (Å²) in [6.45, 7) is 5.58. The average Bonchev–Trinajstić information content (AvgIpc) is 2.86. The Morgan fingerprint density at radius 2 is 1.32 bits per heavy atom. The number of halogens is 6. The molecule has 0 unspecified atom stereocenters. The zero-order valence-corrected chi connectivity index (χ0v) is 21.8. The highest BCUT2D eigenvalue weighted by Gasteiger charge is 2.38. The number of rotatable bonds is 6. The molecule has 0 saturated carbocycles. The molecule has 6 nitrogen and oxygen atoms in total. The molecule has 0 aliphatic heterocycles. The molecule has 0 spiro atoms. The molecular formula is C28H25F6NO5. The minimum Gasteiger partial charge on any atom is -0.462 e. The topological polar surface area (TPSA) is 65.1 Å². The van der Waals surface area contributed by atoms with Crippen molar-refractivity contribution in [1.29, 1.82) is 0 Å². The number of hydrogen-bond acceptors (Lipinski definition) is 5. The average molecular weight is 569 g/mol. The number of ether oxygens (including phenoxy) is 3. The first-order valence-electron chi connectivity index (χ1n) is 11.7. The number of nitrogens with zero attached hydrogens (tertiary/aromatic N) is 1. The molecule has 0 radical (unpaired) electrons. The number of anilines is 1. The fraction of sp³-hybridized carbons (Fsp3) is 0.286. The Balaban J connectivity index is 1.98. The lowest BCUT2D eigenvalue weighted by Crippen LogP contribution is -2.38. The quantitative estimate of drug-likeness (QED) is 0.176. The van der Waals surface area contributed by atoms with E-state index in [2.05, 4.69) is 9.47 Å². The largest absolute Gasteiger partial charge is 0.573 e. The number of hydrogen-bond donors (Lipinski definition) is 0. The van der Waals surface area contributed by atoms with E-state index in [-0.39, 0.29) is 23.5 Å². The Kier molecular flexibility index (Phi) is 8.71. The maximum atomic E-state index is 14.2. The van der Waals surface area contributed by atoms with Crippen LogP contribution in [0.4, 0.5) is 32.0 Å². The van der Waals surface area contributed by atoms with Crippen molar-refractivity contribution in [3.63, 3.8) is 0 Å². The van der Waals surface area contributed by atoms with Crippen molar-refractivity contribution in [1.82, 2.24) is 0 Å². The second-order valence-electron chi connectivity index (χ2n) is 9.63. The van der Waals surface area contributed by atoms with Crippen LogP contribution in [0.5, 0.6) is 17.2 Å². The monoisotopic (exact) mass is 569 g/mol. The molecule has 0 bridgehead atoms. The number of methoxy groups -OCH3 is 1. The Hall–Kier alpha value is -4.22. The maximum Gasteiger partial charge on any atom is 0.573 e. The van der Waals surface area contributed by atoms with E-state index in [0.717, 1.165) is 49.1 Å². The highest BCUT2D eigenvalue weighted by Crippen LogP contribution is 2.40. The molecule has 0 aromatic heterocycles. The van der Waals surface area contributed by atoms with Gasteiger partial charge in [-0.3, -0.25) is 9.69 Å². The smallest absolute Gasteiger partial charge is 0.462 e. The first kappa shape index (κ1) is 30.3. The molecule has 3 aromatic carbocycles. The van der Waals surface area contributed by atoms with Crippen molar-refractivity contribution >= 4 is 17.6 Å². The van der Waals surface area contributed by atoms with E-state index in [0.29, 0.717) is 16.5 Å². The number of esters is 1. The van der Waals surface area contributed by atoms with Gasteiger partial charge in [0, 0.05) is 0 Å². The van der Waals surface area contributed by atoms with Gasteiger partial charge in [-0.05, 0) is 59.0 Å². The van der Waals surface area contributed by atoms with Gasteiger partial charge in [0.05, 0.1) is 24.9 Å². The molecule has 1 amide bonds. The summed E-state index contributed by atoms with van der Waals surface area (Å²) < 4.78 is 93.2. The number of benzene rings is 3. The van der Waals surface area contributed by atoms with Gasteiger partial charge in [0.15, 0.2) is 0 Å². The third-order valence-electron chi connectivity index (χ3n) is 5.62. The summed E-state index contributed by atoms with van der Waals surface area (Å²) in [6.07, 6.45) is -9.90. The third kappa shape index (κ3) is 7.90. The summed E-state index contributed by atoms with van der Waals surface area (Å²) >= 11 is 0. The molecule has 0 N–H and O–H groups in total. The molecule has 0 saturated heterocycles. The Labute approximate surface area is 226 Å². The minimum atomic E-state index is -4.98. The van der Waals surface area contributed by atoms with Crippen molar-refractivity contribution in [3.8, 4) is 17.2 Å². The molecule has 0 fully saturated rings. The van der Waals surface area contributed by atoms with Gasteiger partial charge in [-0.1, -0.05) is 45.0 Å². The zero-order valence-electron chi connectivity index (χ0n) is 21.8. The Morgan fingerprint density at radius 1 is 0.775 bits per heavy atom. The van der Waals surface area contributed by atoms with Gasteiger partial charge in [0.1, 0.15) is 17.2 Å². The van der Waals surface area contributed by atoms with Crippen LogP contribution in [0.2, 0.25) is 0 Å². The van der Waals surface area contributed by atoms with Crippen LogP contribution in [0, 0.1) is 0 Å². The van der Waals surface area contributed by atoms with E-state index < -0.39 is 41.4 Å². The first-order chi connectivity index (χ1) is 18.5. The number of carbonyl (C=O) groups excluding carboxylic acids is 2. The van der Waals surface area contributed by atoms with E-state index in [1.165, 1.54) is 0 Å². The number of amides is 1. The predicted octanol–water partition coefficient (Wildman–Crippen LogP) is 7.40. The molecule has 0 heterocycles. The maximum absolute atomic E-state index is 14.2. The van der Waals surface area contributed by atoms with Gasteiger partial charge in [-0.15, -0.1) is 13.2 Å². The van der Waals surface area contributed by atoms with E-state index in [9.17, 15) is 35.9 Å². The van der Waals surface area contributed by atoms with Crippen LogP contribution in [-0.4, -0.2) is 25.3 Å². The fourth-order valence-electron chi connectivity index (χ4n) is 3.64. The van der Waals surface area contributed by atoms with Gasteiger partial charge < -0.3 is 14.2 Å². The first-order valence-corrected chi connectivity index (χ1v) is 11.7. The highest BCUT2D eigenvalue weighted by molar-refractivity contribution is 6.38. The van der Waals surface area contributed by atoms with Crippen molar-refractivity contribution < 1.29 is 50.1 Å². The lowest BCUT2D eigenvalue weighted by Gasteiger charge is -2.26. The van der Waals surface area contributed by atoms with Crippen LogP contribution in [-0.2, 0) is 32.5 Å². The van der Waals surface area contributed by atoms with Crippen molar-refractivity contribution in [3.05, 3.63) is 83.4 Å². The molecule has 0 aliphatic carbocycles. The molecule has 12 heteroatoms. The van der Waals surface area contributed by atoms with Crippen molar-refractivity contribution in [2.45, 2.75) is 45.3 Å². The lowest BCUT2D eigenvalue weighted by atomic mass is 9.87. The Bertz CT molecular complexity index is 1340. The third-order valence-corrected chi connectivity index (χ3v) is 5.62. The molecule has 214 valence electrons. The SMILES string of the molecule is COC(=O)C(=O)N(Cc1ccc(C(C)(C)C)cc1)c1ccc(Oc2ccc(OC(F)(F)F)cc2)cc1C(F)(F)F. The molecule has 40 heavy (non-hydrogen) atoms. The Morgan fingerprint density at radius 3 is 1.82 bits per heavy atom. The van der Waals surface area contributed by atoms with Crippen molar-refractivity contribution in [2.24, 2.45) is 0 Å². The highest BCUT2D eigenvalue weighted by atomic mass is 19.4. The van der Waals surface area contributed by atoms with Gasteiger partial charge in [-0.2, -0.15) is 13.2 Å². The van der Waals surface area contributed by atoms with Gasteiger partial charge in [0.25, 0.3) is 0 Å². The number of carbonyl (C=O) groups is 2. The van der Waals surface area contributed by atoms with E-state index >= 15 is 0 Å². The van der Waals surface area contributed by atoms with E-state index in [1.807, 2.05) is 20.8 Å². The number of alkyl halides is 6. The van der Waals surface area contributed by atoms with Crippen LogP contribution < -0.4 is 14.4 Å². The summed E-state index contributed by atoms with van der Waals surface area (Å²) in [4.78, 5) is 25.6. The van der Waals surface area contributed by atoms with Crippen molar-refractivity contribution in [2.75, 3.05) is 12.0 Å². The lowest BCUT2D eigenvalue weighted by molar-refractivity contribution is -0.274. The van der Waals surface area contributed by atoms with Crippen LogP contribution in [0.25, 0.3) is 0 Å². The summed E-state index contributed by atoms with van der Waals surface area (Å²) in [6, 6.07) is 13.6. The zero-order chi connectivity index (χ0) is 29.9. The summed E-state index contributed by atoms with van der Waals surface area (Å²) in [5, 5.41) is 0. The molecular weight excluding hydrogens is 544 g/mol. The molecule has 0 atom stereocenters. The van der Waals surface area contributed by atoms with Crippen LogP contribution in [0.1, 0.15) is 37.5 Å². The van der Waals surface area contributed by atoms with Gasteiger partial charge in [-0.25, -0.2) is 4.79 Å². The van der Waals surface area contributed by atoms with E-state index in [1.54, 1.807) is 24.3 Å².